The highest BCUT2D eigenvalue weighted by Crippen LogP contribution is 2.17. The maximum Gasteiger partial charge on any atom is 0.409 e. The zero-order chi connectivity index (χ0) is 15.2. The van der Waals surface area contributed by atoms with Gasteiger partial charge < -0.3 is 15.2 Å². The maximum atomic E-state index is 12.1. The van der Waals surface area contributed by atoms with Crippen molar-refractivity contribution in [2.75, 3.05) is 17.7 Å². The lowest BCUT2D eigenvalue weighted by Gasteiger charge is -2.07. The Bertz CT molecular complexity index is 653. The molecule has 0 fully saturated rings. The number of methoxy groups -OCH3 is 1. The molecule has 0 atom stereocenters. The molecule has 0 aromatic heterocycles. The van der Waals surface area contributed by atoms with Gasteiger partial charge in [0, 0.05) is 16.9 Å². The summed E-state index contributed by atoms with van der Waals surface area (Å²) in [5.74, 6) is 0.330. The number of hydrogen-bond acceptors (Lipinski definition) is 3. The predicted octanol–water partition coefficient (Wildman–Crippen LogP) is 3.04. The Morgan fingerprint density at radius 1 is 1.00 bits per heavy atom. The lowest BCUT2D eigenvalue weighted by Crippen LogP contribution is -2.12. The molecule has 0 saturated heterocycles. The van der Waals surface area contributed by atoms with E-state index in [1.165, 1.54) is 7.11 Å². The monoisotopic (exact) mass is 286 g/mol. The number of benzene rings is 2. The molecule has 0 heterocycles. The van der Waals surface area contributed by atoms with Crippen molar-refractivity contribution in [2.24, 2.45) is 0 Å². The fraction of sp³-hybridized carbons (Fsp3) is 0.0667. The molecule has 0 bridgehead atoms. The molecule has 0 spiro atoms. The Morgan fingerprint density at radius 3 is 2.19 bits per heavy atom. The molecule has 0 radical (unpaired) electrons. The molecule has 2 rings (SSSR count). The number of ether oxygens (including phenoxy) is 1. The van der Waals surface area contributed by atoms with Crippen LogP contribution in [-0.2, 0) is 0 Å². The zero-order valence-corrected chi connectivity index (χ0v) is 11.3. The van der Waals surface area contributed by atoms with Gasteiger partial charge in [0.25, 0.3) is 5.91 Å². The van der Waals surface area contributed by atoms with Crippen LogP contribution in [-0.4, -0.2) is 24.2 Å². The van der Waals surface area contributed by atoms with Crippen LogP contribution in [0.3, 0.4) is 0 Å². The Hall–Kier alpha value is -3.02. The van der Waals surface area contributed by atoms with Crippen LogP contribution in [0.4, 0.5) is 16.2 Å². The topological polar surface area (TPSA) is 87.7 Å². The summed E-state index contributed by atoms with van der Waals surface area (Å²) in [6.45, 7) is 0. The summed E-state index contributed by atoms with van der Waals surface area (Å²) in [6, 6.07) is 13.2. The lowest BCUT2D eigenvalue weighted by atomic mass is 10.2. The summed E-state index contributed by atoms with van der Waals surface area (Å²) in [7, 11) is 1.53. The summed E-state index contributed by atoms with van der Waals surface area (Å²) in [6.07, 6.45) is -1.14. The van der Waals surface area contributed by atoms with Crippen LogP contribution in [0.2, 0.25) is 0 Å². The van der Waals surface area contributed by atoms with Gasteiger partial charge in [0.1, 0.15) is 5.75 Å². The molecule has 0 saturated carbocycles. The summed E-state index contributed by atoms with van der Waals surface area (Å²) in [5, 5.41) is 13.5. The number of carboxylic acid groups (broad SMARTS) is 1. The standard InChI is InChI=1S/C15H14N2O4/c1-21-13-4-2-3-10(9-13)14(18)16-11-5-7-12(8-6-11)17-15(19)20/h2-9,17H,1H3,(H,16,18)(H,19,20). The normalized spacial score (nSPS) is 9.76. The van der Waals surface area contributed by atoms with E-state index in [1.807, 2.05) is 0 Å². The molecular formula is C15H14N2O4. The van der Waals surface area contributed by atoms with Crippen molar-refractivity contribution in [3.8, 4) is 5.75 Å². The summed E-state index contributed by atoms with van der Waals surface area (Å²) >= 11 is 0. The Balaban J connectivity index is 2.06. The third-order valence-corrected chi connectivity index (χ3v) is 2.73. The van der Waals surface area contributed by atoms with Gasteiger partial charge in [0.05, 0.1) is 7.11 Å². The van der Waals surface area contributed by atoms with Gasteiger partial charge in [0.15, 0.2) is 0 Å². The van der Waals surface area contributed by atoms with E-state index in [0.717, 1.165) is 0 Å². The van der Waals surface area contributed by atoms with Crippen LogP contribution >= 0.6 is 0 Å². The van der Waals surface area contributed by atoms with E-state index in [9.17, 15) is 9.59 Å². The van der Waals surface area contributed by atoms with Crippen molar-refractivity contribution in [2.45, 2.75) is 0 Å². The second-order valence-electron chi connectivity index (χ2n) is 4.19. The quantitative estimate of drug-likeness (QED) is 0.806. The minimum Gasteiger partial charge on any atom is -0.497 e. The Morgan fingerprint density at radius 2 is 1.62 bits per heavy atom. The first kappa shape index (κ1) is 14.4. The van der Waals surface area contributed by atoms with Crippen LogP contribution in [0.1, 0.15) is 10.4 Å². The second-order valence-corrected chi connectivity index (χ2v) is 4.19. The van der Waals surface area contributed by atoms with E-state index in [-0.39, 0.29) is 5.91 Å². The molecule has 0 aliphatic rings. The van der Waals surface area contributed by atoms with E-state index in [2.05, 4.69) is 10.6 Å². The zero-order valence-electron chi connectivity index (χ0n) is 11.3. The number of hydrogen-bond donors (Lipinski definition) is 3. The fourth-order valence-corrected chi connectivity index (χ4v) is 1.73. The summed E-state index contributed by atoms with van der Waals surface area (Å²) in [5.41, 5.74) is 1.47. The van der Waals surface area contributed by atoms with Crippen molar-refractivity contribution in [1.29, 1.82) is 0 Å². The smallest absolute Gasteiger partial charge is 0.409 e. The van der Waals surface area contributed by atoms with Gasteiger partial charge in [-0.1, -0.05) is 6.07 Å². The first-order chi connectivity index (χ1) is 10.1. The first-order valence-corrected chi connectivity index (χ1v) is 6.14. The van der Waals surface area contributed by atoms with E-state index in [0.29, 0.717) is 22.7 Å². The Kier molecular flexibility index (Phi) is 4.40. The highest BCUT2D eigenvalue weighted by molar-refractivity contribution is 6.04. The fourth-order valence-electron chi connectivity index (χ4n) is 1.73. The average Bonchev–Trinajstić information content (AvgIpc) is 2.49. The third-order valence-electron chi connectivity index (χ3n) is 2.73. The van der Waals surface area contributed by atoms with Gasteiger partial charge in [-0.25, -0.2) is 4.79 Å². The van der Waals surface area contributed by atoms with E-state index < -0.39 is 6.09 Å². The van der Waals surface area contributed by atoms with E-state index >= 15 is 0 Å². The predicted molar refractivity (Wildman–Crippen MR) is 79.0 cm³/mol. The van der Waals surface area contributed by atoms with E-state index in [1.54, 1.807) is 48.5 Å². The van der Waals surface area contributed by atoms with Gasteiger partial charge in [-0.15, -0.1) is 0 Å². The second kappa shape index (κ2) is 6.42. The molecule has 2 amide bonds. The molecule has 108 valence electrons. The van der Waals surface area contributed by atoms with Crippen LogP contribution in [0, 0.1) is 0 Å². The third kappa shape index (κ3) is 3.97. The van der Waals surface area contributed by atoms with Crippen molar-refractivity contribution in [3.05, 3.63) is 54.1 Å². The largest absolute Gasteiger partial charge is 0.497 e. The minimum absolute atomic E-state index is 0.271. The minimum atomic E-state index is -1.14. The number of carbonyl (C=O) groups is 2. The number of rotatable bonds is 4. The van der Waals surface area contributed by atoms with Gasteiger partial charge in [-0.3, -0.25) is 10.1 Å². The molecule has 0 aliphatic heterocycles. The molecular weight excluding hydrogens is 272 g/mol. The first-order valence-electron chi connectivity index (χ1n) is 6.14. The van der Waals surface area contributed by atoms with E-state index in [4.69, 9.17) is 9.84 Å². The van der Waals surface area contributed by atoms with Gasteiger partial charge in [-0.05, 0) is 42.5 Å². The lowest BCUT2D eigenvalue weighted by molar-refractivity contribution is 0.102. The molecule has 21 heavy (non-hydrogen) atoms. The van der Waals surface area contributed by atoms with Crippen LogP contribution < -0.4 is 15.4 Å². The van der Waals surface area contributed by atoms with Gasteiger partial charge in [-0.2, -0.15) is 0 Å². The van der Waals surface area contributed by atoms with Gasteiger partial charge in [0.2, 0.25) is 0 Å². The van der Waals surface area contributed by atoms with Crippen LogP contribution in [0.5, 0.6) is 5.75 Å². The molecule has 3 N–H and O–H groups in total. The number of nitrogens with one attached hydrogen (secondary N) is 2. The summed E-state index contributed by atoms with van der Waals surface area (Å²) < 4.78 is 5.06. The highest BCUT2D eigenvalue weighted by atomic mass is 16.5. The molecule has 0 unspecified atom stereocenters. The molecule has 2 aromatic carbocycles. The van der Waals surface area contributed by atoms with Crippen molar-refractivity contribution >= 4 is 23.4 Å². The Labute approximate surface area is 121 Å². The average molecular weight is 286 g/mol. The van der Waals surface area contributed by atoms with Crippen LogP contribution in [0.25, 0.3) is 0 Å². The maximum absolute atomic E-state index is 12.1. The number of anilines is 2. The number of amides is 2. The highest BCUT2D eigenvalue weighted by Gasteiger charge is 2.07. The number of carbonyl (C=O) groups excluding carboxylic acids is 1. The van der Waals surface area contributed by atoms with Crippen LogP contribution in [0.15, 0.2) is 48.5 Å². The molecule has 0 aliphatic carbocycles. The van der Waals surface area contributed by atoms with Crippen molar-refractivity contribution < 1.29 is 19.4 Å². The van der Waals surface area contributed by atoms with Gasteiger partial charge >= 0.3 is 6.09 Å². The summed E-state index contributed by atoms with van der Waals surface area (Å²) in [4.78, 5) is 22.6. The molecule has 2 aromatic rings. The molecule has 6 nitrogen and oxygen atoms in total. The SMILES string of the molecule is COc1cccc(C(=O)Nc2ccc(NC(=O)O)cc2)c1. The van der Waals surface area contributed by atoms with Crippen molar-refractivity contribution in [3.63, 3.8) is 0 Å². The molecule has 6 heteroatoms. The van der Waals surface area contributed by atoms with Crippen molar-refractivity contribution in [1.82, 2.24) is 0 Å².